The van der Waals surface area contributed by atoms with Gasteiger partial charge in [0.15, 0.2) is 0 Å². The van der Waals surface area contributed by atoms with Crippen molar-refractivity contribution in [2.45, 2.75) is 46.1 Å². The van der Waals surface area contributed by atoms with E-state index in [-0.39, 0.29) is 17.9 Å². The van der Waals surface area contributed by atoms with E-state index in [9.17, 15) is 4.79 Å². The van der Waals surface area contributed by atoms with Crippen molar-refractivity contribution in [2.75, 3.05) is 0 Å². The van der Waals surface area contributed by atoms with E-state index in [4.69, 9.17) is 5.26 Å². The molecule has 0 aliphatic rings. The first-order valence-electron chi connectivity index (χ1n) is 4.79. The third-order valence-electron chi connectivity index (χ3n) is 1.96. The molecule has 0 aliphatic heterocycles. The first-order chi connectivity index (χ1) is 6.11. The van der Waals surface area contributed by atoms with Gasteiger partial charge in [0.25, 0.3) is 0 Å². The Hall–Kier alpha value is -1.04. The number of carbonyl (C=O) groups is 1. The maximum atomic E-state index is 11.4. The molecule has 0 saturated carbocycles. The van der Waals surface area contributed by atoms with E-state index in [1.165, 1.54) is 0 Å². The summed E-state index contributed by atoms with van der Waals surface area (Å²) in [7, 11) is 0. The molecule has 0 aromatic heterocycles. The van der Waals surface area contributed by atoms with Crippen LogP contribution >= 0.6 is 0 Å². The molecule has 0 radical (unpaired) electrons. The Bertz CT molecular complexity index is 196. The molecule has 2 unspecified atom stereocenters. The van der Waals surface area contributed by atoms with Gasteiger partial charge in [0.2, 0.25) is 5.91 Å². The molecule has 0 fully saturated rings. The molecular formula is C10H18N2O. The van der Waals surface area contributed by atoms with Crippen LogP contribution in [-0.4, -0.2) is 11.9 Å². The predicted molar refractivity (Wildman–Crippen MR) is 51.9 cm³/mol. The minimum Gasteiger partial charge on any atom is -0.352 e. The Labute approximate surface area is 80.1 Å². The summed E-state index contributed by atoms with van der Waals surface area (Å²) >= 11 is 0. The molecule has 13 heavy (non-hydrogen) atoms. The smallest absolute Gasteiger partial charge is 0.223 e. The van der Waals surface area contributed by atoms with Crippen LogP contribution in [0.2, 0.25) is 0 Å². The lowest BCUT2D eigenvalue weighted by molar-refractivity contribution is -0.125. The molecule has 0 rings (SSSR count). The second kappa shape index (κ2) is 6.47. The maximum absolute atomic E-state index is 11.4. The molecule has 0 aromatic rings. The molecule has 0 aromatic carbocycles. The van der Waals surface area contributed by atoms with E-state index in [1.54, 1.807) is 0 Å². The number of hydrogen-bond donors (Lipinski definition) is 1. The van der Waals surface area contributed by atoms with Crippen LogP contribution in [0.25, 0.3) is 0 Å². The van der Waals surface area contributed by atoms with Crippen LogP contribution in [0.15, 0.2) is 0 Å². The standard InChI is InChI=1S/C10H18N2O/c1-4-5-8(2)10(13)12-9(3)6-7-11/h8-9H,4-6H2,1-3H3,(H,12,13). The van der Waals surface area contributed by atoms with Gasteiger partial charge in [0, 0.05) is 12.0 Å². The monoisotopic (exact) mass is 182 g/mol. The minimum atomic E-state index is -0.0307. The topological polar surface area (TPSA) is 52.9 Å². The second-order valence-corrected chi connectivity index (χ2v) is 3.46. The highest BCUT2D eigenvalue weighted by Gasteiger charge is 2.13. The van der Waals surface area contributed by atoms with Gasteiger partial charge in [-0.25, -0.2) is 0 Å². The summed E-state index contributed by atoms with van der Waals surface area (Å²) in [5.74, 6) is 0.121. The highest BCUT2D eigenvalue weighted by molar-refractivity contribution is 5.78. The Kier molecular flexibility index (Phi) is 5.96. The fourth-order valence-electron chi connectivity index (χ4n) is 1.14. The van der Waals surface area contributed by atoms with Crippen molar-refractivity contribution in [1.29, 1.82) is 5.26 Å². The van der Waals surface area contributed by atoms with E-state index in [0.29, 0.717) is 6.42 Å². The van der Waals surface area contributed by atoms with Crippen molar-refractivity contribution in [3.63, 3.8) is 0 Å². The highest BCUT2D eigenvalue weighted by Crippen LogP contribution is 2.05. The lowest BCUT2D eigenvalue weighted by Crippen LogP contribution is -2.36. The summed E-state index contributed by atoms with van der Waals surface area (Å²) in [5.41, 5.74) is 0. The molecule has 3 heteroatoms. The predicted octanol–water partition coefficient (Wildman–Crippen LogP) is 1.84. The van der Waals surface area contributed by atoms with E-state index in [1.807, 2.05) is 19.9 Å². The number of amides is 1. The zero-order valence-electron chi connectivity index (χ0n) is 8.63. The van der Waals surface area contributed by atoms with Crippen molar-refractivity contribution in [3.8, 4) is 6.07 Å². The second-order valence-electron chi connectivity index (χ2n) is 3.46. The SMILES string of the molecule is CCCC(C)C(=O)NC(C)CC#N. The van der Waals surface area contributed by atoms with Crippen molar-refractivity contribution in [1.82, 2.24) is 5.32 Å². The summed E-state index contributed by atoms with van der Waals surface area (Å²) < 4.78 is 0. The normalized spacial score (nSPS) is 14.3. The number of hydrogen-bond acceptors (Lipinski definition) is 2. The van der Waals surface area contributed by atoms with Gasteiger partial charge in [-0.05, 0) is 13.3 Å². The highest BCUT2D eigenvalue weighted by atomic mass is 16.1. The number of carbonyl (C=O) groups excluding carboxylic acids is 1. The van der Waals surface area contributed by atoms with E-state index in [2.05, 4.69) is 12.2 Å². The molecule has 3 nitrogen and oxygen atoms in total. The molecule has 2 atom stereocenters. The third kappa shape index (κ3) is 5.24. The molecule has 0 heterocycles. The summed E-state index contributed by atoms with van der Waals surface area (Å²) in [5, 5.41) is 11.2. The van der Waals surface area contributed by atoms with E-state index < -0.39 is 0 Å². The van der Waals surface area contributed by atoms with Crippen LogP contribution in [0.5, 0.6) is 0 Å². The molecular weight excluding hydrogens is 164 g/mol. The average Bonchev–Trinajstić information content (AvgIpc) is 2.05. The number of nitriles is 1. The van der Waals surface area contributed by atoms with Crippen LogP contribution < -0.4 is 5.32 Å². The van der Waals surface area contributed by atoms with Crippen molar-refractivity contribution in [2.24, 2.45) is 5.92 Å². The van der Waals surface area contributed by atoms with Gasteiger partial charge in [-0.15, -0.1) is 0 Å². The number of rotatable bonds is 5. The largest absolute Gasteiger partial charge is 0.352 e. The molecule has 0 aliphatic carbocycles. The van der Waals surface area contributed by atoms with Crippen LogP contribution in [0.3, 0.4) is 0 Å². The van der Waals surface area contributed by atoms with Gasteiger partial charge < -0.3 is 5.32 Å². The summed E-state index contributed by atoms with van der Waals surface area (Å²) in [6.07, 6.45) is 2.30. The molecule has 0 saturated heterocycles. The Morgan fingerprint density at radius 1 is 1.54 bits per heavy atom. The molecule has 74 valence electrons. The molecule has 0 bridgehead atoms. The average molecular weight is 182 g/mol. The van der Waals surface area contributed by atoms with Gasteiger partial charge in [-0.2, -0.15) is 5.26 Å². The first-order valence-corrected chi connectivity index (χ1v) is 4.79. The zero-order chi connectivity index (χ0) is 10.3. The maximum Gasteiger partial charge on any atom is 0.223 e. The summed E-state index contributed by atoms with van der Waals surface area (Å²) in [4.78, 5) is 11.4. The number of nitrogens with zero attached hydrogens (tertiary/aromatic N) is 1. The van der Waals surface area contributed by atoms with Crippen molar-refractivity contribution in [3.05, 3.63) is 0 Å². The lowest BCUT2D eigenvalue weighted by Gasteiger charge is -2.14. The molecule has 1 N–H and O–H groups in total. The van der Waals surface area contributed by atoms with Gasteiger partial charge in [0.1, 0.15) is 0 Å². The van der Waals surface area contributed by atoms with E-state index >= 15 is 0 Å². The third-order valence-corrected chi connectivity index (χ3v) is 1.96. The Morgan fingerprint density at radius 2 is 2.15 bits per heavy atom. The summed E-state index contributed by atoms with van der Waals surface area (Å²) in [6, 6.07) is 2.00. The van der Waals surface area contributed by atoms with Crippen LogP contribution in [0.1, 0.15) is 40.0 Å². The van der Waals surface area contributed by atoms with Gasteiger partial charge in [0.05, 0.1) is 12.5 Å². The van der Waals surface area contributed by atoms with E-state index in [0.717, 1.165) is 12.8 Å². The van der Waals surface area contributed by atoms with Gasteiger partial charge in [-0.1, -0.05) is 20.3 Å². The zero-order valence-corrected chi connectivity index (χ0v) is 8.63. The number of nitrogens with one attached hydrogen (secondary N) is 1. The fraction of sp³-hybridized carbons (Fsp3) is 0.800. The quantitative estimate of drug-likeness (QED) is 0.705. The Morgan fingerprint density at radius 3 is 2.62 bits per heavy atom. The van der Waals surface area contributed by atoms with Gasteiger partial charge in [-0.3, -0.25) is 4.79 Å². The molecule has 0 spiro atoms. The summed E-state index contributed by atoms with van der Waals surface area (Å²) in [6.45, 7) is 5.82. The fourth-order valence-corrected chi connectivity index (χ4v) is 1.14. The first kappa shape index (κ1) is 12.0. The molecule has 1 amide bonds. The van der Waals surface area contributed by atoms with Crippen LogP contribution in [0.4, 0.5) is 0 Å². The van der Waals surface area contributed by atoms with Crippen LogP contribution in [0, 0.1) is 17.2 Å². The lowest BCUT2D eigenvalue weighted by atomic mass is 10.0. The Balaban J connectivity index is 3.79. The van der Waals surface area contributed by atoms with Crippen molar-refractivity contribution < 1.29 is 4.79 Å². The van der Waals surface area contributed by atoms with Gasteiger partial charge >= 0.3 is 0 Å². The minimum absolute atomic E-state index is 0.0307. The van der Waals surface area contributed by atoms with Crippen LogP contribution in [-0.2, 0) is 4.79 Å². The van der Waals surface area contributed by atoms with Crippen molar-refractivity contribution >= 4 is 5.91 Å².